The molecule has 4 heterocycles. The fraction of sp³-hybridized carbons (Fsp3) is 0.545. The molecule has 0 aliphatic carbocycles. The quantitative estimate of drug-likeness (QED) is 0.503. The van der Waals surface area contributed by atoms with Crippen LogP contribution in [0.15, 0.2) is 18.5 Å². The van der Waals surface area contributed by atoms with Crippen LogP contribution in [-0.2, 0) is 15.7 Å². The molecule has 2 aliphatic rings. The Bertz CT molecular complexity index is 1090. The van der Waals surface area contributed by atoms with Gasteiger partial charge in [-0.3, -0.25) is 4.79 Å². The molecule has 36 heavy (non-hydrogen) atoms. The molecule has 14 heteroatoms. The molecular weight excluding hydrogens is 497 g/mol. The number of carbonyl (C=O) groups excluding carboxylic acids is 1. The van der Waals surface area contributed by atoms with E-state index in [0.29, 0.717) is 25.3 Å². The summed E-state index contributed by atoms with van der Waals surface area (Å²) >= 11 is 1.52. The maximum atomic E-state index is 13.6. The van der Waals surface area contributed by atoms with Crippen molar-refractivity contribution < 1.29 is 22.7 Å². The van der Waals surface area contributed by atoms with E-state index in [1.807, 2.05) is 6.92 Å². The van der Waals surface area contributed by atoms with Gasteiger partial charge in [0.25, 0.3) is 5.91 Å². The van der Waals surface area contributed by atoms with Gasteiger partial charge in [0.15, 0.2) is 11.7 Å². The first-order chi connectivity index (χ1) is 17.2. The average molecular weight is 527 g/mol. The van der Waals surface area contributed by atoms with E-state index < -0.39 is 11.7 Å². The molecule has 2 N–H and O–H groups in total. The summed E-state index contributed by atoms with van der Waals surface area (Å²) < 4.78 is 45.7. The number of hydrogen-bond acceptors (Lipinski definition) is 10. The molecule has 2 aromatic rings. The largest absolute Gasteiger partial charge is 0.492 e. The van der Waals surface area contributed by atoms with Crippen LogP contribution in [0.2, 0.25) is 0 Å². The summed E-state index contributed by atoms with van der Waals surface area (Å²) in [7, 11) is 2.08. The Morgan fingerprint density at radius 1 is 1.17 bits per heavy atom. The normalized spacial score (nSPS) is 17.2. The van der Waals surface area contributed by atoms with Gasteiger partial charge >= 0.3 is 6.18 Å². The number of amides is 1. The Labute approximate surface area is 211 Å². The van der Waals surface area contributed by atoms with Crippen molar-refractivity contribution in [3.8, 4) is 0 Å². The number of piperazine rings is 1. The lowest BCUT2D eigenvalue weighted by Crippen LogP contribution is -2.44. The predicted octanol–water partition coefficient (Wildman–Crippen LogP) is 2.93. The molecule has 0 spiro atoms. The van der Waals surface area contributed by atoms with Crippen molar-refractivity contribution in [1.82, 2.24) is 24.8 Å². The summed E-state index contributed by atoms with van der Waals surface area (Å²) in [5.74, 6) is 0.0556. The topological polar surface area (TPSA) is 98.8 Å². The highest BCUT2D eigenvalue weighted by Crippen LogP contribution is 2.35. The van der Waals surface area contributed by atoms with E-state index in [-0.39, 0.29) is 30.8 Å². The van der Waals surface area contributed by atoms with Crippen LogP contribution in [0.3, 0.4) is 0 Å². The second-order valence-electron chi connectivity index (χ2n) is 8.57. The number of halogens is 3. The summed E-state index contributed by atoms with van der Waals surface area (Å²) in [6.07, 6.45) is -0.225. The summed E-state index contributed by atoms with van der Waals surface area (Å²) in [6.45, 7) is 6.42. The number of likely N-dealkylation sites (N-methyl/N-ethyl adjacent to an activating group) is 1. The van der Waals surface area contributed by atoms with E-state index in [9.17, 15) is 18.0 Å². The molecule has 0 bridgehead atoms. The van der Waals surface area contributed by atoms with E-state index in [2.05, 4.69) is 42.4 Å². The maximum absolute atomic E-state index is 13.6. The lowest BCUT2D eigenvalue weighted by molar-refractivity contribution is -0.137. The molecule has 1 amide bonds. The average Bonchev–Trinajstić information content (AvgIpc) is 3.06. The molecule has 0 radical (unpaired) electrons. The van der Waals surface area contributed by atoms with Crippen molar-refractivity contribution in [1.29, 1.82) is 0 Å². The Balaban J connectivity index is 1.42. The Morgan fingerprint density at radius 2 is 1.94 bits per heavy atom. The molecule has 0 unspecified atom stereocenters. The number of anilines is 4. The summed E-state index contributed by atoms with van der Waals surface area (Å²) in [5.41, 5.74) is -0.955. The smallest absolute Gasteiger partial charge is 0.421 e. The van der Waals surface area contributed by atoms with Crippen LogP contribution in [-0.4, -0.2) is 90.1 Å². The summed E-state index contributed by atoms with van der Waals surface area (Å²) in [4.78, 5) is 31.5. The van der Waals surface area contributed by atoms with Gasteiger partial charge in [0, 0.05) is 56.9 Å². The fourth-order valence-electron chi connectivity index (χ4n) is 3.77. The number of thiazole rings is 1. The van der Waals surface area contributed by atoms with E-state index in [1.165, 1.54) is 17.6 Å². The summed E-state index contributed by atoms with van der Waals surface area (Å²) in [6, 6.07) is 0. The third-order valence-electron chi connectivity index (χ3n) is 5.86. The van der Waals surface area contributed by atoms with Crippen LogP contribution in [0.25, 0.3) is 0 Å². The fourth-order valence-corrected chi connectivity index (χ4v) is 4.68. The zero-order chi connectivity index (χ0) is 25.7. The SMILES string of the molecule is Cc1sc(N2CCN(C)CC2)nc1Nc1ncc(C(F)(F)F)c(NCCCN2CC=COCC2=O)n1. The molecule has 2 aromatic heterocycles. The number of aromatic nitrogens is 3. The number of alkyl halides is 3. The van der Waals surface area contributed by atoms with Gasteiger partial charge in [0.05, 0.1) is 6.26 Å². The van der Waals surface area contributed by atoms with E-state index in [1.54, 1.807) is 11.0 Å². The molecule has 196 valence electrons. The molecule has 0 saturated carbocycles. The van der Waals surface area contributed by atoms with Gasteiger partial charge in [-0.25, -0.2) is 9.97 Å². The number of nitrogens with zero attached hydrogens (tertiary/aromatic N) is 6. The van der Waals surface area contributed by atoms with Gasteiger partial charge < -0.3 is 30.1 Å². The van der Waals surface area contributed by atoms with Crippen LogP contribution in [0.4, 0.5) is 35.9 Å². The van der Waals surface area contributed by atoms with Crippen LogP contribution in [0.1, 0.15) is 16.9 Å². The van der Waals surface area contributed by atoms with Crippen molar-refractivity contribution in [3.63, 3.8) is 0 Å². The molecule has 4 rings (SSSR count). The Morgan fingerprint density at radius 3 is 2.69 bits per heavy atom. The minimum Gasteiger partial charge on any atom is -0.492 e. The van der Waals surface area contributed by atoms with Gasteiger partial charge in [-0.2, -0.15) is 18.2 Å². The van der Waals surface area contributed by atoms with Crippen molar-refractivity contribution in [3.05, 3.63) is 29.0 Å². The van der Waals surface area contributed by atoms with Crippen molar-refractivity contribution >= 4 is 40.0 Å². The molecule has 10 nitrogen and oxygen atoms in total. The Hall–Kier alpha value is -3.13. The first-order valence-electron chi connectivity index (χ1n) is 11.6. The first-order valence-corrected chi connectivity index (χ1v) is 12.4. The zero-order valence-corrected chi connectivity index (χ0v) is 21.0. The van der Waals surface area contributed by atoms with Crippen LogP contribution < -0.4 is 15.5 Å². The number of hydrogen-bond donors (Lipinski definition) is 2. The molecule has 0 aromatic carbocycles. The van der Waals surface area contributed by atoms with Gasteiger partial charge in [0.1, 0.15) is 17.2 Å². The summed E-state index contributed by atoms with van der Waals surface area (Å²) in [5, 5.41) is 6.59. The van der Waals surface area contributed by atoms with Crippen molar-refractivity contribution in [2.75, 3.05) is 75.0 Å². The molecular formula is C22H29F3N8O2S. The van der Waals surface area contributed by atoms with E-state index in [0.717, 1.165) is 42.4 Å². The zero-order valence-electron chi connectivity index (χ0n) is 20.1. The lowest BCUT2D eigenvalue weighted by atomic mass is 10.3. The molecule has 2 aliphatic heterocycles. The maximum Gasteiger partial charge on any atom is 0.421 e. The van der Waals surface area contributed by atoms with Crippen LogP contribution in [0, 0.1) is 6.92 Å². The van der Waals surface area contributed by atoms with Crippen LogP contribution in [0.5, 0.6) is 0 Å². The highest BCUT2D eigenvalue weighted by Gasteiger charge is 2.35. The van der Waals surface area contributed by atoms with E-state index in [4.69, 9.17) is 4.74 Å². The van der Waals surface area contributed by atoms with Crippen molar-refractivity contribution in [2.24, 2.45) is 0 Å². The minimum absolute atomic E-state index is 0.0220. The first kappa shape index (κ1) is 25.9. The standard InChI is InChI=1S/C22H29F3N8O2S/c1-15-18(30-21(36-15)33-10-8-31(2)9-11-33)28-20-27-13-16(22(23,24)25)19(29-20)26-5-3-6-32-7-4-12-35-14-17(32)34/h4,12-13H,3,5-11,14H2,1-2H3,(H2,26,27,28,29). The second-order valence-corrected chi connectivity index (χ2v) is 9.75. The number of aryl methyl sites for hydroxylation is 1. The van der Waals surface area contributed by atoms with Gasteiger partial charge in [-0.05, 0) is 26.5 Å². The van der Waals surface area contributed by atoms with E-state index >= 15 is 0 Å². The molecule has 1 fully saturated rings. The monoisotopic (exact) mass is 526 g/mol. The third-order valence-corrected chi connectivity index (χ3v) is 6.89. The Kier molecular flexibility index (Phi) is 8.14. The second kappa shape index (κ2) is 11.3. The number of rotatable bonds is 8. The minimum atomic E-state index is -4.62. The number of ether oxygens (including phenoxy) is 1. The number of nitrogens with one attached hydrogen (secondary N) is 2. The third kappa shape index (κ3) is 6.55. The highest BCUT2D eigenvalue weighted by atomic mass is 32.1. The lowest BCUT2D eigenvalue weighted by Gasteiger charge is -2.32. The predicted molar refractivity (Wildman–Crippen MR) is 132 cm³/mol. The van der Waals surface area contributed by atoms with Crippen LogP contribution >= 0.6 is 11.3 Å². The van der Waals surface area contributed by atoms with Gasteiger partial charge in [-0.1, -0.05) is 11.3 Å². The number of carbonyl (C=O) groups is 1. The van der Waals surface area contributed by atoms with Gasteiger partial charge in [0.2, 0.25) is 5.95 Å². The highest BCUT2D eigenvalue weighted by molar-refractivity contribution is 7.16. The molecule has 0 atom stereocenters. The molecule has 1 saturated heterocycles. The van der Waals surface area contributed by atoms with Crippen molar-refractivity contribution in [2.45, 2.75) is 19.5 Å². The van der Waals surface area contributed by atoms with Gasteiger partial charge in [-0.15, -0.1) is 0 Å².